The second-order valence-electron chi connectivity index (χ2n) is 3.32. The van der Waals surface area contributed by atoms with Crippen LogP contribution in [-0.2, 0) is 4.79 Å². The summed E-state index contributed by atoms with van der Waals surface area (Å²) in [4.78, 5) is 9.60. The standard InChI is InChI=1S/C9H11N.C4H8O2/c1-2-9(10)8-6-4-3-5-7-8;1-2-3-4(5)6/h2-7,9H,1,10H2;2-3H2,1H3,(H,5,6). The smallest absolute Gasteiger partial charge is 0.303 e. The molecule has 3 N–H and O–H groups in total. The first-order valence-electron chi connectivity index (χ1n) is 5.26. The molecule has 3 nitrogen and oxygen atoms in total. The van der Waals surface area contributed by atoms with Crippen molar-refractivity contribution >= 4 is 5.97 Å². The molecule has 3 heteroatoms. The summed E-state index contributed by atoms with van der Waals surface area (Å²) in [6.07, 6.45) is 2.75. The van der Waals surface area contributed by atoms with Crippen molar-refractivity contribution in [3.8, 4) is 0 Å². The van der Waals surface area contributed by atoms with Crippen LogP contribution in [-0.4, -0.2) is 11.1 Å². The molecule has 88 valence electrons. The highest BCUT2D eigenvalue weighted by Gasteiger charge is 1.96. The maximum absolute atomic E-state index is 9.60. The minimum Gasteiger partial charge on any atom is -0.481 e. The minimum atomic E-state index is -0.711. The zero-order valence-corrected chi connectivity index (χ0v) is 9.60. The monoisotopic (exact) mass is 221 g/mol. The van der Waals surface area contributed by atoms with Gasteiger partial charge in [0.2, 0.25) is 0 Å². The average molecular weight is 221 g/mol. The van der Waals surface area contributed by atoms with E-state index in [1.165, 1.54) is 0 Å². The van der Waals surface area contributed by atoms with Gasteiger partial charge in [-0.25, -0.2) is 0 Å². The number of carbonyl (C=O) groups is 1. The summed E-state index contributed by atoms with van der Waals surface area (Å²) in [5, 5.41) is 7.91. The topological polar surface area (TPSA) is 63.3 Å². The number of hydrogen-bond donors (Lipinski definition) is 2. The minimum absolute atomic E-state index is 0.0267. The Morgan fingerprint density at radius 3 is 2.38 bits per heavy atom. The molecule has 0 bridgehead atoms. The summed E-state index contributed by atoms with van der Waals surface area (Å²) in [6.45, 7) is 5.45. The Morgan fingerprint density at radius 2 is 2.06 bits per heavy atom. The maximum Gasteiger partial charge on any atom is 0.303 e. The van der Waals surface area contributed by atoms with E-state index in [4.69, 9.17) is 10.8 Å². The molecule has 1 aromatic carbocycles. The highest BCUT2D eigenvalue weighted by atomic mass is 16.4. The van der Waals surface area contributed by atoms with Crippen LogP contribution in [0, 0.1) is 0 Å². The molecule has 16 heavy (non-hydrogen) atoms. The lowest BCUT2D eigenvalue weighted by Crippen LogP contribution is -2.05. The molecule has 0 aliphatic rings. The molecule has 0 saturated heterocycles. The summed E-state index contributed by atoms with van der Waals surface area (Å²) in [5.74, 6) is -0.711. The Bertz CT molecular complexity index is 309. The fourth-order valence-corrected chi connectivity index (χ4v) is 1.03. The molecule has 0 heterocycles. The molecule has 0 aliphatic carbocycles. The van der Waals surface area contributed by atoms with Crippen molar-refractivity contribution in [2.75, 3.05) is 0 Å². The fourth-order valence-electron chi connectivity index (χ4n) is 1.03. The zero-order valence-electron chi connectivity index (χ0n) is 9.60. The van der Waals surface area contributed by atoms with Gasteiger partial charge in [-0.05, 0) is 12.0 Å². The maximum atomic E-state index is 9.60. The summed E-state index contributed by atoms with van der Waals surface area (Å²) in [6, 6.07) is 9.87. The molecule has 0 aromatic heterocycles. The van der Waals surface area contributed by atoms with Crippen LogP contribution in [0.15, 0.2) is 43.0 Å². The number of nitrogens with two attached hydrogens (primary N) is 1. The van der Waals surface area contributed by atoms with E-state index in [9.17, 15) is 4.79 Å². The number of benzene rings is 1. The van der Waals surface area contributed by atoms with Crippen molar-refractivity contribution in [3.05, 3.63) is 48.6 Å². The number of carboxylic acids is 1. The molecule has 0 amide bonds. The number of rotatable bonds is 4. The van der Waals surface area contributed by atoms with Crippen molar-refractivity contribution in [3.63, 3.8) is 0 Å². The molecular formula is C13H19NO2. The van der Waals surface area contributed by atoms with E-state index >= 15 is 0 Å². The molecule has 0 radical (unpaired) electrons. The van der Waals surface area contributed by atoms with E-state index in [0.29, 0.717) is 6.42 Å². The van der Waals surface area contributed by atoms with E-state index in [-0.39, 0.29) is 6.04 Å². The SMILES string of the molecule is C=CC(N)c1ccccc1.CCCC(=O)O. The molecule has 1 rings (SSSR count). The Morgan fingerprint density at radius 1 is 1.50 bits per heavy atom. The lowest BCUT2D eigenvalue weighted by molar-refractivity contribution is -0.137. The van der Waals surface area contributed by atoms with Gasteiger partial charge in [0.1, 0.15) is 0 Å². The third-order valence-electron chi connectivity index (χ3n) is 1.90. The van der Waals surface area contributed by atoms with Crippen LogP contribution in [0.3, 0.4) is 0 Å². The van der Waals surface area contributed by atoms with Crippen LogP contribution in [0.4, 0.5) is 0 Å². The highest BCUT2D eigenvalue weighted by molar-refractivity contribution is 5.66. The first kappa shape index (κ1) is 14.4. The van der Waals surface area contributed by atoms with E-state index in [1.54, 1.807) is 6.08 Å². The third kappa shape index (κ3) is 6.79. The van der Waals surface area contributed by atoms with Crippen molar-refractivity contribution < 1.29 is 9.90 Å². The van der Waals surface area contributed by atoms with Gasteiger partial charge in [0.25, 0.3) is 0 Å². The molecular weight excluding hydrogens is 202 g/mol. The molecule has 0 spiro atoms. The third-order valence-corrected chi connectivity index (χ3v) is 1.90. The second kappa shape index (κ2) is 8.68. The Labute approximate surface area is 96.6 Å². The van der Waals surface area contributed by atoms with Crippen molar-refractivity contribution in [1.29, 1.82) is 0 Å². The molecule has 0 fully saturated rings. The van der Waals surface area contributed by atoms with E-state index < -0.39 is 5.97 Å². The van der Waals surface area contributed by atoms with Gasteiger partial charge < -0.3 is 10.8 Å². The van der Waals surface area contributed by atoms with Crippen molar-refractivity contribution in [2.45, 2.75) is 25.8 Å². The fraction of sp³-hybridized carbons (Fsp3) is 0.308. The normalized spacial score (nSPS) is 10.9. The van der Waals surface area contributed by atoms with Gasteiger partial charge in [0, 0.05) is 12.5 Å². The first-order chi connectivity index (χ1) is 7.61. The Kier molecular flexibility index (Phi) is 7.81. The van der Waals surface area contributed by atoms with Gasteiger partial charge >= 0.3 is 5.97 Å². The summed E-state index contributed by atoms with van der Waals surface area (Å²) >= 11 is 0. The lowest BCUT2D eigenvalue weighted by atomic mass is 10.1. The van der Waals surface area contributed by atoms with Crippen LogP contribution in [0.25, 0.3) is 0 Å². The molecule has 1 atom stereocenters. The Balaban J connectivity index is 0.000000325. The predicted molar refractivity (Wildman–Crippen MR) is 66.1 cm³/mol. The van der Waals surface area contributed by atoms with Crippen LogP contribution >= 0.6 is 0 Å². The van der Waals surface area contributed by atoms with E-state index in [2.05, 4.69) is 6.58 Å². The first-order valence-corrected chi connectivity index (χ1v) is 5.26. The lowest BCUT2D eigenvalue weighted by Gasteiger charge is -2.03. The largest absolute Gasteiger partial charge is 0.481 e. The van der Waals surface area contributed by atoms with Crippen molar-refractivity contribution in [2.24, 2.45) is 5.73 Å². The average Bonchev–Trinajstić information content (AvgIpc) is 2.30. The van der Waals surface area contributed by atoms with Gasteiger partial charge in [0.05, 0.1) is 0 Å². The number of hydrogen-bond acceptors (Lipinski definition) is 2. The second-order valence-corrected chi connectivity index (χ2v) is 3.32. The van der Waals surface area contributed by atoms with Gasteiger partial charge in [-0.3, -0.25) is 4.79 Å². The van der Waals surface area contributed by atoms with Crippen LogP contribution in [0.1, 0.15) is 31.4 Å². The summed E-state index contributed by atoms with van der Waals surface area (Å²) in [7, 11) is 0. The zero-order chi connectivity index (χ0) is 12.4. The summed E-state index contributed by atoms with van der Waals surface area (Å²) < 4.78 is 0. The number of aliphatic carboxylic acids is 1. The van der Waals surface area contributed by atoms with Crippen LogP contribution in [0.5, 0.6) is 0 Å². The molecule has 0 aliphatic heterocycles. The molecule has 1 aromatic rings. The highest BCUT2D eigenvalue weighted by Crippen LogP contribution is 2.08. The van der Waals surface area contributed by atoms with Gasteiger partial charge in [0.15, 0.2) is 0 Å². The summed E-state index contributed by atoms with van der Waals surface area (Å²) in [5.41, 5.74) is 6.79. The van der Waals surface area contributed by atoms with Gasteiger partial charge in [-0.2, -0.15) is 0 Å². The predicted octanol–water partition coefficient (Wildman–Crippen LogP) is 2.74. The number of carboxylic acid groups (broad SMARTS) is 1. The van der Waals surface area contributed by atoms with Gasteiger partial charge in [-0.1, -0.05) is 43.3 Å². The Hall–Kier alpha value is -1.61. The van der Waals surface area contributed by atoms with E-state index in [0.717, 1.165) is 12.0 Å². The molecule has 1 unspecified atom stereocenters. The molecule has 0 saturated carbocycles. The quantitative estimate of drug-likeness (QED) is 0.768. The van der Waals surface area contributed by atoms with Gasteiger partial charge in [-0.15, -0.1) is 6.58 Å². The van der Waals surface area contributed by atoms with Crippen molar-refractivity contribution in [1.82, 2.24) is 0 Å². The van der Waals surface area contributed by atoms with Crippen LogP contribution < -0.4 is 5.73 Å². The van der Waals surface area contributed by atoms with E-state index in [1.807, 2.05) is 37.3 Å². The van der Waals surface area contributed by atoms with Crippen LogP contribution in [0.2, 0.25) is 0 Å².